The van der Waals surface area contributed by atoms with Gasteiger partial charge in [0.15, 0.2) is 0 Å². The molecule has 30 heavy (non-hydrogen) atoms. The Morgan fingerprint density at radius 1 is 1.17 bits per heavy atom. The minimum absolute atomic E-state index is 0.0440. The molecule has 3 aromatic rings. The average molecular weight is 471 g/mol. The number of ether oxygens (including phenoxy) is 1. The number of sulfonamides is 1. The zero-order chi connectivity index (χ0) is 22.2. The third-order valence-corrected chi connectivity index (χ3v) is 7.63. The van der Waals surface area contributed by atoms with E-state index in [-0.39, 0.29) is 4.90 Å². The molecule has 0 aliphatic rings. The van der Waals surface area contributed by atoms with Crippen molar-refractivity contribution in [1.29, 1.82) is 0 Å². The van der Waals surface area contributed by atoms with Gasteiger partial charge in [-0.2, -0.15) is 4.72 Å². The monoisotopic (exact) mass is 470 g/mol. The number of nitrogens with one attached hydrogen (secondary N) is 2. The van der Waals surface area contributed by atoms with E-state index in [0.717, 1.165) is 10.8 Å². The first-order chi connectivity index (χ1) is 14.0. The maximum atomic E-state index is 12.7. The first kappa shape index (κ1) is 22.3. The van der Waals surface area contributed by atoms with Crippen molar-refractivity contribution in [3.05, 3.63) is 35.4 Å². The number of methoxy groups -OCH3 is 1. The van der Waals surface area contributed by atoms with Crippen LogP contribution in [0.2, 0.25) is 5.02 Å². The molecule has 0 radical (unpaired) electrons. The standard InChI is InChI=1S/C19H19ClN2O6S2/c1-9(2)16(18(23)24)22-30(26,27)10-4-5-11-12-6-7-13(21-19(25)28-3)15(20)17(12)29-14(11)8-10/h4-9,16,22H,1-3H3,(H,21,25)(H,23,24). The van der Waals surface area contributed by atoms with Crippen LogP contribution in [0.1, 0.15) is 13.8 Å². The number of hydrogen-bond acceptors (Lipinski definition) is 6. The van der Waals surface area contributed by atoms with E-state index in [1.807, 2.05) is 0 Å². The summed E-state index contributed by atoms with van der Waals surface area (Å²) in [5, 5.41) is 13.7. The molecule has 0 saturated heterocycles. The highest BCUT2D eigenvalue weighted by Gasteiger charge is 2.28. The van der Waals surface area contributed by atoms with E-state index in [4.69, 9.17) is 11.6 Å². The summed E-state index contributed by atoms with van der Waals surface area (Å²) in [5.74, 6) is -1.67. The van der Waals surface area contributed by atoms with Crippen LogP contribution >= 0.6 is 22.9 Å². The molecule has 1 atom stereocenters. The summed E-state index contributed by atoms with van der Waals surface area (Å²) in [6.45, 7) is 3.25. The van der Waals surface area contributed by atoms with E-state index in [1.54, 1.807) is 32.0 Å². The quantitative estimate of drug-likeness (QED) is 0.494. The zero-order valence-electron chi connectivity index (χ0n) is 16.2. The Kier molecular flexibility index (Phi) is 6.23. The van der Waals surface area contributed by atoms with Gasteiger partial charge in [0.05, 0.1) is 27.4 Å². The number of anilines is 1. The van der Waals surface area contributed by atoms with E-state index < -0.39 is 34.0 Å². The highest BCUT2D eigenvalue weighted by Crippen LogP contribution is 2.42. The lowest BCUT2D eigenvalue weighted by Gasteiger charge is -2.18. The van der Waals surface area contributed by atoms with Crippen molar-refractivity contribution in [2.45, 2.75) is 24.8 Å². The van der Waals surface area contributed by atoms with Crippen LogP contribution in [0.4, 0.5) is 10.5 Å². The molecule has 3 N–H and O–H groups in total. The van der Waals surface area contributed by atoms with E-state index in [1.165, 1.54) is 30.6 Å². The van der Waals surface area contributed by atoms with Crippen LogP contribution in [0.15, 0.2) is 35.2 Å². The van der Waals surface area contributed by atoms with Crippen molar-refractivity contribution in [2.24, 2.45) is 5.92 Å². The second-order valence-corrected chi connectivity index (χ2v) is 10.0. The van der Waals surface area contributed by atoms with Gasteiger partial charge in [-0.1, -0.05) is 37.6 Å². The number of rotatable bonds is 6. The van der Waals surface area contributed by atoms with Crippen LogP contribution in [0.3, 0.4) is 0 Å². The lowest BCUT2D eigenvalue weighted by atomic mass is 10.1. The van der Waals surface area contributed by atoms with Gasteiger partial charge in [-0.25, -0.2) is 13.2 Å². The molecular weight excluding hydrogens is 452 g/mol. The number of carboxylic acids is 1. The second-order valence-electron chi connectivity index (χ2n) is 6.86. The minimum Gasteiger partial charge on any atom is -0.480 e. The number of benzene rings is 2. The van der Waals surface area contributed by atoms with Gasteiger partial charge in [0.25, 0.3) is 0 Å². The number of carbonyl (C=O) groups is 2. The summed E-state index contributed by atoms with van der Waals surface area (Å²) in [6.07, 6.45) is -0.657. The lowest BCUT2D eigenvalue weighted by Crippen LogP contribution is -2.44. The fourth-order valence-electron chi connectivity index (χ4n) is 2.92. The van der Waals surface area contributed by atoms with Gasteiger partial charge in [0.2, 0.25) is 10.0 Å². The van der Waals surface area contributed by atoms with Crippen molar-refractivity contribution in [1.82, 2.24) is 4.72 Å². The lowest BCUT2D eigenvalue weighted by molar-refractivity contribution is -0.140. The van der Waals surface area contributed by atoms with E-state index in [9.17, 15) is 23.1 Å². The number of fused-ring (bicyclic) bond motifs is 3. The number of carbonyl (C=O) groups excluding carboxylic acids is 1. The summed E-state index contributed by atoms with van der Waals surface area (Å²) >= 11 is 7.69. The number of amides is 1. The van der Waals surface area contributed by atoms with Crippen LogP contribution in [0, 0.1) is 5.92 Å². The molecule has 2 aromatic carbocycles. The maximum absolute atomic E-state index is 12.7. The average Bonchev–Trinajstić information content (AvgIpc) is 3.06. The molecule has 3 rings (SSSR count). The van der Waals surface area contributed by atoms with Gasteiger partial charge in [-0.15, -0.1) is 11.3 Å². The Morgan fingerprint density at radius 3 is 2.43 bits per heavy atom. The number of carboxylic acid groups (broad SMARTS) is 1. The number of hydrogen-bond donors (Lipinski definition) is 3. The number of thiophene rings is 1. The Balaban J connectivity index is 2.05. The molecule has 0 aliphatic carbocycles. The maximum Gasteiger partial charge on any atom is 0.411 e. The van der Waals surface area contributed by atoms with Crippen LogP contribution in [0.5, 0.6) is 0 Å². The molecule has 8 nitrogen and oxygen atoms in total. The normalized spacial score (nSPS) is 13.0. The largest absolute Gasteiger partial charge is 0.480 e. The summed E-state index contributed by atoms with van der Waals surface area (Å²) < 4.78 is 33.6. The topological polar surface area (TPSA) is 122 Å². The molecule has 1 aromatic heterocycles. The molecular formula is C19H19ClN2O6S2. The Labute approximate surface area is 181 Å². The molecule has 1 heterocycles. The van der Waals surface area contributed by atoms with Crippen molar-refractivity contribution in [2.75, 3.05) is 12.4 Å². The second kappa shape index (κ2) is 8.38. The summed E-state index contributed by atoms with van der Waals surface area (Å²) in [4.78, 5) is 22.8. The third kappa shape index (κ3) is 4.22. The Hall–Kier alpha value is -2.40. The van der Waals surface area contributed by atoms with Gasteiger partial charge < -0.3 is 9.84 Å². The smallest absolute Gasteiger partial charge is 0.411 e. The van der Waals surface area contributed by atoms with Gasteiger partial charge in [-0.3, -0.25) is 10.1 Å². The van der Waals surface area contributed by atoms with Crippen molar-refractivity contribution >= 4 is 70.9 Å². The first-order valence-electron chi connectivity index (χ1n) is 8.80. The SMILES string of the molecule is COC(=O)Nc1ccc2c(sc3cc(S(=O)(=O)NC(C(=O)O)C(C)C)ccc32)c1Cl. The van der Waals surface area contributed by atoms with Gasteiger partial charge in [-0.05, 0) is 24.1 Å². The van der Waals surface area contributed by atoms with E-state index in [0.29, 0.717) is 20.1 Å². The fraction of sp³-hybridized carbons (Fsp3) is 0.263. The Bertz CT molecular complexity index is 1250. The van der Waals surface area contributed by atoms with Crippen molar-refractivity contribution in [3.8, 4) is 0 Å². The molecule has 0 spiro atoms. The zero-order valence-corrected chi connectivity index (χ0v) is 18.6. The predicted octanol–water partition coefficient (Wildman–Crippen LogP) is 4.27. The molecule has 0 fully saturated rings. The molecule has 11 heteroatoms. The van der Waals surface area contributed by atoms with Gasteiger partial charge in [0, 0.05) is 15.5 Å². The predicted molar refractivity (Wildman–Crippen MR) is 117 cm³/mol. The molecule has 160 valence electrons. The summed E-state index contributed by atoms with van der Waals surface area (Å²) in [6, 6.07) is 6.72. The van der Waals surface area contributed by atoms with E-state index >= 15 is 0 Å². The highest BCUT2D eigenvalue weighted by molar-refractivity contribution is 7.89. The first-order valence-corrected chi connectivity index (χ1v) is 11.5. The van der Waals surface area contributed by atoms with Gasteiger partial charge in [0.1, 0.15) is 6.04 Å². The molecule has 1 amide bonds. The molecule has 1 unspecified atom stereocenters. The van der Waals surface area contributed by atoms with Crippen molar-refractivity contribution in [3.63, 3.8) is 0 Å². The van der Waals surface area contributed by atoms with Gasteiger partial charge >= 0.3 is 12.1 Å². The Morgan fingerprint density at radius 2 is 1.83 bits per heavy atom. The van der Waals surface area contributed by atoms with Crippen molar-refractivity contribution < 1.29 is 27.9 Å². The number of halogens is 1. The van der Waals surface area contributed by atoms with Crippen LogP contribution in [-0.4, -0.2) is 38.7 Å². The third-order valence-electron chi connectivity index (χ3n) is 4.50. The molecule has 0 bridgehead atoms. The molecule has 0 aliphatic heterocycles. The summed E-state index contributed by atoms with van der Waals surface area (Å²) in [5.41, 5.74) is 0.373. The van der Waals surface area contributed by atoms with Crippen LogP contribution in [0.25, 0.3) is 20.2 Å². The minimum atomic E-state index is -4.05. The van der Waals surface area contributed by atoms with Crippen LogP contribution < -0.4 is 10.0 Å². The fourth-order valence-corrected chi connectivity index (χ4v) is 5.87. The summed E-state index contributed by atoms with van der Waals surface area (Å²) in [7, 11) is -2.81. The number of aliphatic carboxylic acids is 1. The highest BCUT2D eigenvalue weighted by atomic mass is 35.5. The molecule has 0 saturated carbocycles. The van der Waals surface area contributed by atoms with E-state index in [2.05, 4.69) is 14.8 Å². The van der Waals surface area contributed by atoms with Crippen LogP contribution in [-0.2, 0) is 19.6 Å².